The molecule has 0 bridgehead atoms. The first-order chi connectivity index (χ1) is 9.69. The highest BCUT2D eigenvalue weighted by atomic mass is 16.2. The van der Waals surface area contributed by atoms with Crippen LogP contribution in [0.5, 0.6) is 0 Å². The Hall–Kier alpha value is -1.87. The predicted molar refractivity (Wildman–Crippen MR) is 84.8 cm³/mol. The Bertz CT molecular complexity index is 589. The van der Waals surface area contributed by atoms with Gasteiger partial charge in [0.1, 0.15) is 0 Å². The zero-order valence-electron chi connectivity index (χ0n) is 12.2. The van der Waals surface area contributed by atoms with Crippen LogP contribution >= 0.6 is 0 Å². The number of carbonyl (C=O) groups is 1. The number of rotatable bonds is 5. The number of hydrogen-bond donors (Lipinski definition) is 1. The lowest BCUT2D eigenvalue weighted by molar-refractivity contribution is -0.122. The number of anilines is 1. The van der Waals surface area contributed by atoms with Crippen molar-refractivity contribution in [2.75, 3.05) is 18.0 Å². The zero-order valence-corrected chi connectivity index (χ0v) is 12.2. The summed E-state index contributed by atoms with van der Waals surface area (Å²) in [4.78, 5) is 14.4. The summed E-state index contributed by atoms with van der Waals surface area (Å²) < 4.78 is 0. The highest BCUT2D eigenvalue weighted by Gasteiger charge is 2.21. The van der Waals surface area contributed by atoms with E-state index in [1.54, 1.807) is 0 Å². The van der Waals surface area contributed by atoms with Gasteiger partial charge in [0.2, 0.25) is 5.91 Å². The van der Waals surface area contributed by atoms with E-state index in [0.29, 0.717) is 13.1 Å². The number of amides is 1. The van der Waals surface area contributed by atoms with Gasteiger partial charge >= 0.3 is 0 Å². The number of nitrogens with zero attached hydrogens (tertiary/aromatic N) is 1. The Labute approximate surface area is 120 Å². The van der Waals surface area contributed by atoms with Gasteiger partial charge in [0.25, 0.3) is 0 Å². The molecule has 2 aromatic rings. The van der Waals surface area contributed by atoms with Crippen LogP contribution in [0.15, 0.2) is 42.5 Å². The van der Waals surface area contributed by atoms with Crippen molar-refractivity contribution >= 4 is 22.4 Å². The van der Waals surface area contributed by atoms with E-state index in [1.807, 2.05) is 43.0 Å². The second kappa shape index (κ2) is 6.53. The molecule has 0 radical (unpaired) electrons. The van der Waals surface area contributed by atoms with Crippen LogP contribution in [0.3, 0.4) is 0 Å². The van der Waals surface area contributed by atoms with Gasteiger partial charge in [-0.05, 0) is 31.3 Å². The molecule has 0 aliphatic heterocycles. The molecule has 0 saturated heterocycles. The molecule has 0 aromatic heterocycles. The lowest BCUT2D eigenvalue weighted by Crippen LogP contribution is -2.36. The molecule has 0 fully saturated rings. The van der Waals surface area contributed by atoms with Gasteiger partial charge in [0.05, 0.1) is 5.69 Å². The number of benzene rings is 2. The van der Waals surface area contributed by atoms with Gasteiger partial charge < -0.3 is 10.6 Å². The van der Waals surface area contributed by atoms with Crippen molar-refractivity contribution in [3.8, 4) is 0 Å². The second-order valence-electron chi connectivity index (χ2n) is 5.06. The van der Waals surface area contributed by atoms with Crippen molar-refractivity contribution in [1.82, 2.24) is 0 Å². The van der Waals surface area contributed by atoms with Crippen molar-refractivity contribution in [2.24, 2.45) is 11.7 Å². The minimum absolute atomic E-state index is 0.0427. The van der Waals surface area contributed by atoms with Gasteiger partial charge in [-0.25, -0.2) is 0 Å². The fourth-order valence-electron chi connectivity index (χ4n) is 2.53. The third-order valence-corrected chi connectivity index (χ3v) is 3.66. The molecule has 1 amide bonds. The normalized spacial score (nSPS) is 12.3. The predicted octanol–water partition coefficient (Wildman–Crippen LogP) is 3.18. The molecular formula is C17H22N2O. The SMILES string of the molecule is CCN(C(=O)C(C)CCN)c1cccc2ccccc12. The molecule has 106 valence electrons. The quantitative estimate of drug-likeness (QED) is 0.907. The summed E-state index contributed by atoms with van der Waals surface area (Å²) in [5.41, 5.74) is 6.55. The van der Waals surface area contributed by atoms with Crippen molar-refractivity contribution in [3.63, 3.8) is 0 Å². The maximum absolute atomic E-state index is 12.6. The molecule has 0 aliphatic carbocycles. The highest BCUT2D eigenvalue weighted by Crippen LogP contribution is 2.27. The van der Waals surface area contributed by atoms with Crippen molar-refractivity contribution in [3.05, 3.63) is 42.5 Å². The Balaban J connectivity index is 2.42. The van der Waals surface area contributed by atoms with E-state index in [-0.39, 0.29) is 11.8 Å². The molecule has 0 aliphatic rings. The summed E-state index contributed by atoms with van der Waals surface area (Å²) in [5, 5.41) is 2.27. The van der Waals surface area contributed by atoms with E-state index in [0.717, 1.165) is 22.9 Å². The molecule has 1 unspecified atom stereocenters. The molecule has 0 spiro atoms. The minimum atomic E-state index is -0.0427. The lowest BCUT2D eigenvalue weighted by atomic mass is 10.0. The average molecular weight is 270 g/mol. The summed E-state index contributed by atoms with van der Waals surface area (Å²) in [7, 11) is 0. The van der Waals surface area contributed by atoms with E-state index in [9.17, 15) is 4.79 Å². The molecule has 2 N–H and O–H groups in total. The average Bonchev–Trinajstić information content (AvgIpc) is 2.48. The number of hydrogen-bond acceptors (Lipinski definition) is 2. The molecule has 0 saturated carbocycles. The first-order valence-corrected chi connectivity index (χ1v) is 7.18. The van der Waals surface area contributed by atoms with Crippen LogP contribution in [0.4, 0.5) is 5.69 Å². The summed E-state index contributed by atoms with van der Waals surface area (Å²) in [6, 6.07) is 14.2. The summed E-state index contributed by atoms with van der Waals surface area (Å²) in [5.74, 6) is 0.105. The molecule has 20 heavy (non-hydrogen) atoms. The van der Waals surface area contributed by atoms with Gasteiger partial charge in [-0.3, -0.25) is 4.79 Å². The van der Waals surface area contributed by atoms with Gasteiger partial charge in [-0.2, -0.15) is 0 Å². The molecule has 3 nitrogen and oxygen atoms in total. The van der Waals surface area contributed by atoms with Crippen molar-refractivity contribution < 1.29 is 4.79 Å². The molecular weight excluding hydrogens is 248 g/mol. The largest absolute Gasteiger partial charge is 0.330 e. The van der Waals surface area contributed by atoms with E-state index < -0.39 is 0 Å². The fourth-order valence-corrected chi connectivity index (χ4v) is 2.53. The monoisotopic (exact) mass is 270 g/mol. The minimum Gasteiger partial charge on any atom is -0.330 e. The smallest absolute Gasteiger partial charge is 0.229 e. The number of nitrogens with two attached hydrogens (primary N) is 1. The van der Waals surface area contributed by atoms with E-state index in [2.05, 4.69) is 18.2 Å². The van der Waals surface area contributed by atoms with Crippen LogP contribution in [0, 0.1) is 5.92 Å². The van der Waals surface area contributed by atoms with Crippen LogP contribution in [-0.4, -0.2) is 19.0 Å². The lowest BCUT2D eigenvalue weighted by Gasteiger charge is -2.25. The van der Waals surface area contributed by atoms with Crippen LogP contribution in [0.25, 0.3) is 10.8 Å². The van der Waals surface area contributed by atoms with Gasteiger partial charge in [-0.1, -0.05) is 43.3 Å². The van der Waals surface area contributed by atoms with Gasteiger partial charge in [0, 0.05) is 17.8 Å². The molecule has 2 rings (SSSR count). The van der Waals surface area contributed by atoms with Crippen LogP contribution < -0.4 is 10.6 Å². The van der Waals surface area contributed by atoms with Crippen LogP contribution in [0.1, 0.15) is 20.3 Å². The second-order valence-corrected chi connectivity index (χ2v) is 5.06. The number of fused-ring (bicyclic) bond motifs is 1. The first-order valence-electron chi connectivity index (χ1n) is 7.18. The fraction of sp³-hybridized carbons (Fsp3) is 0.353. The Morgan fingerprint density at radius 2 is 1.90 bits per heavy atom. The molecule has 3 heteroatoms. The third-order valence-electron chi connectivity index (χ3n) is 3.66. The standard InChI is InChI=1S/C17H22N2O/c1-3-19(17(20)13(2)11-12-18)16-10-6-8-14-7-4-5-9-15(14)16/h4-10,13H,3,11-12,18H2,1-2H3. The van der Waals surface area contributed by atoms with E-state index >= 15 is 0 Å². The van der Waals surface area contributed by atoms with Gasteiger partial charge in [0.15, 0.2) is 0 Å². The summed E-state index contributed by atoms with van der Waals surface area (Å²) in [6.07, 6.45) is 0.722. The zero-order chi connectivity index (χ0) is 14.5. The number of carbonyl (C=O) groups excluding carboxylic acids is 1. The Morgan fingerprint density at radius 1 is 1.20 bits per heavy atom. The third kappa shape index (κ3) is 2.83. The highest BCUT2D eigenvalue weighted by molar-refractivity contribution is 6.04. The van der Waals surface area contributed by atoms with E-state index in [4.69, 9.17) is 5.73 Å². The Morgan fingerprint density at radius 3 is 2.60 bits per heavy atom. The van der Waals surface area contributed by atoms with Gasteiger partial charge in [-0.15, -0.1) is 0 Å². The summed E-state index contributed by atoms with van der Waals surface area (Å²) in [6.45, 7) is 5.17. The summed E-state index contributed by atoms with van der Waals surface area (Å²) >= 11 is 0. The maximum Gasteiger partial charge on any atom is 0.229 e. The topological polar surface area (TPSA) is 46.3 Å². The molecule has 1 atom stereocenters. The van der Waals surface area contributed by atoms with Crippen LogP contribution in [-0.2, 0) is 4.79 Å². The van der Waals surface area contributed by atoms with E-state index in [1.165, 1.54) is 0 Å². The molecule has 0 heterocycles. The van der Waals surface area contributed by atoms with Crippen molar-refractivity contribution in [2.45, 2.75) is 20.3 Å². The molecule has 2 aromatic carbocycles. The maximum atomic E-state index is 12.6. The Kier molecular flexibility index (Phi) is 4.74. The van der Waals surface area contributed by atoms with Crippen molar-refractivity contribution in [1.29, 1.82) is 0 Å². The van der Waals surface area contributed by atoms with Crippen LogP contribution in [0.2, 0.25) is 0 Å². The first kappa shape index (κ1) is 14.5.